The van der Waals surface area contributed by atoms with Gasteiger partial charge < -0.3 is 10.1 Å². The van der Waals surface area contributed by atoms with Crippen molar-refractivity contribution < 1.29 is 9.53 Å². The van der Waals surface area contributed by atoms with Crippen molar-refractivity contribution in [3.63, 3.8) is 0 Å². The number of hydrogen-bond donors (Lipinski definition) is 1. The molecular formula is C25H22N4O2. The van der Waals surface area contributed by atoms with Crippen LogP contribution in [0.5, 0.6) is 5.75 Å². The van der Waals surface area contributed by atoms with E-state index in [0.29, 0.717) is 29.7 Å². The summed E-state index contributed by atoms with van der Waals surface area (Å²) in [5.41, 5.74) is 3.87. The number of benzene rings is 2. The Labute approximate surface area is 180 Å². The molecule has 1 amide bonds. The van der Waals surface area contributed by atoms with Crippen molar-refractivity contribution in [3.8, 4) is 11.4 Å². The first-order chi connectivity index (χ1) is 15.3. The van der Waals surface area contributed by atoms with Crippen LogP contribution < -0.4 is 10.1 Å². The third kappa shape index (κ3) is 4.48. The van der Waals surface area contributed by atoms with E-state index in [9.17, 15) is 4.79 Å². The summed E-state index contributed by atoms with van der Waals surface area (Å²) in [4.78, 5) is 17.4. The predicted octanol–water partition coefficient (Wildman–Crippen LogP) is 4.98. The molecule has 31 heavy (non-hydrogen) atoms. The second-order valence-electron chi connectivity index (χ2n) is 7.57. The molecule has 2 heterocycles. The van der Waals surface area contributed by atoms with Gasteiger partial charge in [0.15, 0.2) is 0 Å². The third-order valence-corrected chi connectivity index (χ3v) is 5.16. The highest BCUT2D eigenvalue weighted by Gasteiger charge is 2.29. The van der Waals surface area contributed by atoms with Gasteiger partial charge >= 0.3 is 0 Å². The molecule has 2 aromatic heterocycles. The summed E-state index contributed by atoms with van der Waals surface area (Å²) in [5.74, 6) is 0.920. The zero-order valence-corrected chi connectivity index (χ0v) is 16.9. The molecule has 0 aliphatic heterocycles. The summed E-state index contributed by atoms with van der Waals surface area (Å²) < 4.78 is 7.55. The van der Waals surface area contributed by atoms with Gasteiger partial charge in [0.25, 0.3) is 5.91 Å². The lowest BCUT2D eigenvalue weighted by Crippen LogP contribution is -2.17. The number of para-hydroxylation sites is 1. The summed E-state index contributed by atoms with van der Waals surface area (Å²) in [5, 5.41) is 7.69. The molecule has 2 aromatic carbocycles. The fourth-order valence-corrected chi connectivity index (χ4v) is 3.41. The number of anilines is 1. The molecule has 5 rings (SSSR count). The van der Waals surface area contributed by atoms with Crippen LogP contribution in [0.2, 0.25) is 0 Å². The van der Waals surface area contributed by atoms with Crippen LogP contribution in [-0.2, 0) is 6.61 Å². The van der Waals surface area contributed by atoms with Crippen LogP contribution in [0.25, 0.3) is 5.69 Å². The van der Waals surface area contributed by atoms with Gasteiger partial charge in [-0.05, 0) is 55.3 Å². The Kier molecular flexibility index (Phi) is 5.19. The Bertz CT molecular complexity index is 1180. The number of nitrogens with one attached hydrogen (secondary N) is 1. The minimum absolute atomic E-state index is 0.204. The molecule has 0 atom stereocenters. The largest absolute Gasteiger partial charge is 0.487 e. The summed E-state index contributed by atoms with van der Waals surface area (Å²) in [7, 11) is 0. The third-order valence-electron chi connectivity index (χ3n) is 5.16. The maximum Gasteiger partial charge on any atom is 0.274 e. The topological polar surface area (TPSA) is 69.0 Å². The lowest BCUT2D eigenvalue weighted by atomic mass is 10.2. The monoisotopic (exact) mass is 410 g/mol. The highest BCUT2D eigenvalue weighted by Crippen LogP contribution is 2.39. The van der Waals surface area contributed by atoms with E-state index in [1.54, 1.807) is 10.9 Å². The predicted molar refractivity (Wildman–Crippen MR) is 119 cm³/mol. The van der Waals surface area contributed by atoms with Crippen LogP contribution in [-0.4, -0.2) is 20.7 Å². The van der Waals surface area contributed by atoms with Crippen molar-refractivity contribution in [2.24, 2.45) is 0 Å². The summed E-state index contributed by atoms with van der Waals surface area (Å²) in [6.45, 7) is 0.365. The lowest BCUT2D eigenvalue weighted by Gasteiger charge is -2.10. The van der Waals surface area contributed by atoms with E-state index in [0.717, 1.165) is 29.9 Å². The first kappa shape index (κ1) is 19.1. The fourth-order valence-electron chi connectivity index (χ4n) is 3.41. The van der Waals surface area contributed by atoms with Crippen LogP contribution in [0, 0.1) is 0 Å². The smallest absolute Gasteiger partial charge is 0.274 e. The van der Waals surface area contributed by atoms with Gasteiger partial charge in [0.1, 0.15) is 18.1 Å². The van der Waals surface area contributed by atoms with E-state index in [-0.39, 0.29) is 5.91 Å². The molecule has 1 aliphatic rings. The minimum Gasteiger partial charge on any atom is -0.487 e. The van der Waals surface area contributed by atoms with Gasteiger partial charge in [-0.1, -0.05) is 30.3 Å². The second kappa shape index (κ2) is 8.44. The van der Waals surface area contributed by atoms with E-state index in [1.165, 1.54) is 0 Å². The van der Waals surface area contributed by atoms with E-state index < -0.39 is 0 Å². The van der Waals surface area contributed by atoms with Gasteiger partial charge in [0.05, 0.1) is 17.1 Å². The SMILES string of the molecule is O=C(Nc1cccc(OCc2ccccn2)c1)c1cc(C2CC2)nn1-c1ccccc1. The number of carbonyl (C=O) groups is 1. The summed E-state index contributed by atoms with van der Waals surface area (Å²) in [6, 6.07) is 24.7. The van der Waals surface area contributed by atoms with Crippen molar-refractivity contribution >= 4 is 11.6 Å². The zero-order chi connectivity index (χ0) is 21.0. The molecule has 1 fully saturated rings. The number of aromatic nitrogens is 3. The Hall–Kier alpha value is -3.93. The van der Waals surface area contributed by atoms with E-state index >= 15 is 0 Å². The van der Waals surface area contributed by atoms with E-state index in [2.05, 4.69) is 10.3 Å². The standard InChI is InChI=1S/C25H22N4O2/c30-25(24-16-23(18-12-13-18)28-29(24)21-9-2-1-3-10-21)27-19-8-6-11-22(15-19)31-17-20-7-4-5-14-26-20/h1-11,14-16,18H,12-13,17H2,(H,27,30). The average molecular weight is 410 g/mol. The Morgan fingerprint density at radius 2 is 1.84 bits per heavy atom. The van der Waals surface area contributed by atoms with Gasteiger partial charge in [0.2, 0.25) is 0 Å². The fraction of sp³-hybridized carbons (Fsp3) is 0.160. The maximum atomic E-state index is 13.1. The molecule has 154 valence electrons. The van der Waals surface area contributed by atoms with Gasteiger partial charge in [0, 0.05) is 23.9 Å². The van der Waals surface area contributed by atoms with Crippen molar-refractivity contribution in [2.75, 3.05) is 5.32 Å². The normalized spacial score (nSPS) is 13.0. The highest BCUT2D eigenvalue weighted by molar-refractivity contribution is 6.03. The molecule has 6 nitrogen and oxygen atoms in total. The number of rotatable bonds is 7. The summed E-state index contributed by atoms with van der Waals surface area (Å²) in [6.07, 6.45) is 3.99. The van der Waals surface area contributed by atoms with Crippen LogP contribution in [0.3, 0.4) is 0 Å². The molecule has 0 saturated heterocycles. The first-order valence-corrected chi connectivity index (χ1v) is 10.4. The van der Waals surface area contributed by atoms with Crippen LogP contribution in [0.4, 0.5) is 5.69 Å². The van der Waals surface area contributed by atoms with Crippen molar-refractivity contribution in [2.45, 2.75) is 25.4 Å². The molecule has 0 radical (unpaired) electrons. The zero-order valence-electron chi connectivity index (χ0n) is 16.9. The maximum absolute atomic E-state index is 13.1. The van der Waals surface area contributed by atoms with Crippen molar-refractivity contribution in [1.29, 1.82) is 0 Å². The number of pyridine rings is 1. The molecule has 1 N–H and O–H groups in total. The van der Waals surface area contributed by atoms with Crippen LogP contribution in [0.1, 0.15) is 40.6 Å². The Balaban J connectivity index is 1.34. The molecule has 4 aromatic rings. The number of amides is 1. The molecule has 0 spiro atoms. The quantitative estimate of drug-likeness (QED) is 0.467. The summed E-state index contributed by atoms with van der Waals surface area (Å²) >= 11 is 0. The van der Waals surface area contributed by atoms with Gasteiger partial charge in [-0.2, -0.15) is 5.10 Å². The molecule has 0 unspecified atom stereocenters. The lowest BCUT2D eigenvalue weighted by molar-refractivity contribution is 0.101. The second-order valence-corrected chi connectivity index (χ2v) is 7.57. The Morgan fingerprint density at radius 3 is 2.61 bits per heavy atom. The van der Waals surface area contributed by atoms with Gasteiger partial charge in [-0.25, -0.2) is 4.68 Å². The number of ether oxygens (including phenoxy) is 1. The first-order valence-electron chi connectivity index (χ1n) is 10.4. The van der Waals surface area contributed by atoms with Crippen LogP contribution >= 0.6 is 0 Å². The molecule has 1 saturated carbocycles. The van der Waals surface area contributed by atoms with Gasteiger partial charge in [-0.3, -0.25) is 9.78 Å². The number of hydrogen-bond acceptors (Lipinski definition) is 4. The highest BCUT2D eigenvalue weighted by atomic mass is 16.5. The minimum atomic E-state index is -0.204. The van der Waals surface area contributed by atoms with Gasteiger partial charge in [-0.15, -0.1) is 0 Å². The van der Waals surface area contributed by atoms with E-state index in [1.807, 2.05) is 78.9 Å². The van der Waals surface area contributed by atoms with E-state index in [4.69, 9.17) is 9.84 Å². The Morgan fingerprint density at radius 1 is 1.00 bits per heavy atom. The molecule has 1 aliphatic carbocycles. The number of nitrogens with zero attached hydrogens (tertiary/aromatic N) is 3. The van der Waals surface area contributed by atoms with Crippen LogP contribution in [0.15, 0.2) is 85.1 Å². The van der Waals surface area contributed by atoms with Crippen molar-refractivity contribution in [1.82, 2.24) is 14.8 Å². The molecular weight excluding hydrogens is 388 g/mol. The average Bonchev–Trinajstić information content (AvgIpc) is 3.57. The molecule has 6 heteroatoms. The molecule has 0 bridgehead atoms. The van der Waals surface area contributed by atoms with Crippen molar-refractivity contribution in [3.05, 3.63) is 102 Å². The number of carbonyl (C=O) groups excluding carboxylic acids is 1.